The van der Waals surface area contributed by atoms with Gasteiger partial charge in [-0.15, -0.1) is 24.0 Å². The molecular formula is C16H28IN3O3. The average Bonchev–Trinajstić information content (AvgIpc) is 2.56. The minimum atomic E-state index is 0. The lowest BCUT2D eigenvalue weighted by Gasteiger charge is -2.14. The molecule has 2 N–H and O–H groups in total. The first kappa shape index (κ1) is 21.8. The molecule has 0 saturated heterocycles. The van der Waals surface area contributed by atoms with Crippen LogP contribution in [0.5, 0.6) is 11.5 Å². The van der Waals surface area contributed by atoms with Crippen LogP contribution in [-0.2, 0) is 11.3 Å². The van der Waals surface area contributed by atoms with E-state index < -0.39 is 0 Å². The van der Waals surface area contributed by atoms with Gasteiger partial charge in [0.1, 0.15) is 0 Å². The summed E-state index contributed by atoms with van der Waals surface area (Å²) in [5.41, 5.74) is 1.09. The Balaban J connectivity index is 0.00000484. The number of hydrogen-bond donors (Lipinski definition) is 2. The first-order chi connectivity index (χ1) is 10.7. The molecule has 0 aliphatic heterocycles. The highest BCUT2D eigenvalue weighted by molar-refractivity contribution is 14.0. The van der Waals surface area contributed by atoms with Crippen LogP contribution >= 0.6 is 24.0 Å². The molecule has 0 heterocycles. The quantitative estimate of drug-likeness (QED) is 0.269. The van der Waals surface area contributed by atoms with Crippen molar-refractivity contribution in [3.05, 3.63) is 23.8 Å². The van der Waals surface area contributed by atoms with Crippen molar-refractivity contribution in [3.8, 4) is 11.5 Å². The highest BCUT2D eigenvalue weighted by Gasteiger charge is 2.06. The summed E-state index contributed by atoms with van der Waals surface area (Å²) in [6, 6.07) is 5.93. The van der Waals surface area contributed by atoms with Gasteiger partial charge >= 0.3 is 0 Å². The number of guanidine groups is 1. The number of benzene rings is 1. The second-order valence-electron chi connectivity index (χ2n) is 4.68. The second-order valence-corrected chi connectivity index (χ2v) is 4.68. The van der Waals surface area contributed by atoms with E-state index in [0.717, 1.165) is 29.4 Å². The molecule has 0 spiro atoms. The number of rotatable bonds is 9. The zero-order chi connectivity index (χ0) is 16.2. The van der Waals surface area contributed by atoms with Crippen molar-refractivity contribution in [1.29, 1.82) is 0 Å². The van der Waals surface area contributed by atoms with Crippen molar-refractivity contribution in [2.45, 2.75) is 19.9 Å². The van der Waals surface area contributed by atoms with E-state index in [2.05, 4.69) is 22.5 Å². The summed E-state index contributed by atoms with van der Waals surface area (Å²) in [5.74, 6) is 2.26. The van der Waals surface area contributed by atoms with Crippen molar-refractivity contribution >= 4 is 29.9 Å². The first-order valence-electron chi connectivity index (χ1n) is 7.48. The van der Waals surface area contributed by atoms with Crippen LogP contribution in [0.15, 0.2) is 23.2 Å². The maximum atomic E-state index is 5.65. The van der Waals surface area contributed by atoms with Gasteiger partial charge in [-0.3, -0.25) is 4.99 Å². The van der Waals surface area contributed by atoms with E-state index in [9.17, 15) is 0 Å². The van der Waals surface area contributed by atoms with E-state index in [1.807, 2.05) is 18.2 Å². The molecule has 1 aromatic carbocycles. The summed E-state index contributed by atoms with van der Waals surface area (Å²) >= 11 is 0. The molecule has 23 heavy (non-hydrogen) atoms. The maximum absolute atomic E-state index is 5.65. The standard InChI is InChI=1S/C16H27N3O3.HI/c1-5-9-22-14-7-6-13(11-15(14)21-4)12-19-16(17-2)18-8-10-20-3;/h6-7,11H,5,8-10,12H2,1-4H3,(H2,17,18,19);1H. The predicted octanol–water partition coefficient (Wildman–Crippen LogP) is 2.41. The van der Waals surface area contributed by atoms with Crippen molar-refractivity contribution in [3.63, 3.8) is 0 Å². The summed E-state index contributed by atoms with van der Waals surface area (Å²) in [4.78, 5) is 4.16. The van der Waals surface area contributed by atoms with Crippen molar-refractivity contribution in [2.75, 3.05) is 41.0 Å². The number of aliphatic imine (C=N–C) groups is 1. The van der Waals surface area contributed by atoms with Gasteiger partial charge in [0.25, 0.3) is 0 Å². The number of nitrogens with one attached hydrogen (secondary N) is 2. The third-order valence-electron chi connectivity index (χ3n) is 2.97. The lowest BCUT2D eigenvalue weighted by molar-refractivity contribution is 0.203. The minimum absolute atomic E-state index is 0. The van der Waals surface area contributed by atoms with Crippen LogP contribution in [-0.4, -0.2) is 47.0 Å². The molecule has 0 atom stereocenters. The van der Waals surface area contributed by atoms with Gasteiger partial charge in [-0.05, 0) is 24.1 Å². The molecule has 1 aromatic rings. The molecule has 0 radical (unpaired) electrons. The van der Waals surface area contributed by atoms with Crippen LogP contribution in [0.4, 0.5) is 0 Å². The molecule has 0 saturated carbocycles. The highest BCUT2D eigenvalue weighted by Crippen LogP contribution is 2.28. The fraction of sp³-hybridized carbons (Fsp3) is 0.562. The Bertz CT molecular complexity index is 470. The van der Waals surface area contributed by atoms with Crippen molar-refractivity contribution < 1.29 is 14.2 Å². The van der Waals surface area contributed by atoms with Gasteiger partial charge in [0.15, 0.2) is 17.5 Å². The molecule has 0 aromatic heterocycles. The van der Waals surface area contributed by atoms with Crippen molar-refractivity contribution in [1.82, 2.24) is 10.6 Å². The molecule has 132 valence electrons. The monoisotopic (exact) mass is 437 g/mol. The number of nitrogens with zero attached hydrogens (tertiary/aromatic N) is 1. The Kier molecular flexibility index (Phi) is 12.5. The lowest BCUT2D eigenvalue weighted by Crippen LogP contribution is -2.38. The zero-order valence-corrected chi connectivity index (χ0v) is 16.7. The maximum Gasteiger partial charge on any atom is 0.191 e. The van der Waals surface area contributed by atoms with Crippen LogP contribution in [0.2, 0.25) is 0 Å². The lowest BCUT2D eigenvalue weighted by atomic mass is 10.2. The smallest absolute Gasteiger partial charge is 0.191 e. The Morgan fingerprint density at radius 1 is 1.13 bits per heavy atom. The highest BCUT2D eigenvalue weighted by atomic mass is 127. The Morgan fingerprint density at radius 3 is 2.52 bits per heavy atom. The fourth-order valence-corrected chi connectivity index (χ4v) is 1.83. The van der Waals surface area contributed by atoms with Gasteiger partial charge in [-0.2, -0.15) is 0 Å². The Morgan fingerprint density at radius 2 is 1.91 bits per heavy atom. The van der Waals surface area contributed by atoms with Gasteiger partial charge in [0, 0.05) is 27.2 Å². The molecule has 0 bridgehead atoms. The summed E-state index contributed by atoms with van der Waals surface area (Å²) in [5, 5.41) is 6.41. The summed E-state index contributed by atoms with van der Waals surface area (Å²) in [7, 11) is 5.06. The topological polar surface area (TPSA) is 64.1 Å². The molecule has 6 nitrogen and oxygen atoms in total. The van der Waals surface area contributed by atoms with Gasteiger partial charge in [0.2, 0.25) is 0 Å². The van der Waals surface area contributed by atoms with E-state index in [1.165, 1.54) is 0 Å². The molecular weight excluding hydrogens is 409 g/mol. The Labute approximate surface area is 156 Å². The van der Waals surface area contributed by atoms with Crippen LogP contribution in [0.25, 0.3) is 0 Å². The third kappa shape index (κ3) is 8.26. The summed E-state index contributed by atoms with van der Waals surface area (Å²) in [6.45, 7) is 4.76. The number of hydrogen-bond acceptors (Lipinski definition) is 4. The summed E-state index contributed by atoms with van der Waals surface area (Å²) in [6.07, 6.45) is 0.968. The molecule has 0 amide bonds. The van der Waals surface area contributed by atoms with Crippen LogP contribution in [0, 0.1) is 0 Å². The van der Waals surface area contributed by atoms with Crippen LogP contribution < -0.4 is 20.1 Å². The average molecular weight is 437 g/mol. The third-order valence-corrected chi connectivity index (χ3v) is 2.97. The van der Waals surface area contributed by atoms with E-state index in [-0.39, 0.29) is 24.0 Å². The fourth-order valence-electron chi connectivity index (χ4n) is 1.83. The molecule has 0 unspecified atom stereocenters. The van der Waals surface area contributed by atoms with Crippen molar-refractivity contribution in [2.24, 2.45) is 4.99 Å². The Hall–Kier alpha value is -1.22. The number of methoxy groups -OCH3 is 2. The largest absolute Gasteiger partial charge is 0.493 e. The number of ether oxygens (including phenoxy) is 3. The van der Waals surface area contributed by atoms with Gasteiger partial charge in [-0.1, -0.05) is 13.0 Å². The van der Waals surface area contributed by atoms with E-state index in [1.54, 1.807) is 21.3 Å². The van der Waals surface area contributed by atoms with Crippen LogP contribution in [0.1, 0.15) is 18.9 Å². The molecule has 0 fully saturated rings. The second kappa shape index (κ2) is 13.2. The van der Waals surface area contributed by atoms with E-state index >= 15 is 0 Å². The minimum Gasteiger partial charge on any atom is -0.493 e. The van der Waals surface area contributed by atoms with E-state index in [0.29, 0.717) is 26.3 Å². The zero-order valence-electron chi connectivity index (χ0n) is 14.3. The first-order valence-corrected chi connectivity index (χ1v) is 7.48. The molecule has 0 aliphatic carbocycles. The molecule has 0 aliphatic rings. The molecule has 7 heteroatoms. The predicted molar refractivity (Wildman–Crippen MR) is 104 cm³/mol. The van der Waals surface area contributed by atoms with E-state index in [4.69, 9.17) is 14.2 Å². The molecule has 1 rings (SSSR count). The van der Waals surface area contributed by atoms with Gasteiger partial charge in [0.05, 0.1) is 20.3 Å². The van der Waals surface area contributed by atoms with Gasteiger partial charge < -0.3 is 24.8 Å². The number of halogens is 1. The van der Waals surface area contributed by atoms with Crippen LogP contribution in [0.3, 0.4) is 0 Å². The summed E-state index contributed by atoms with van der Waals surface area (Å²) < 4.78 is 16.0. The van der Waals surface area contributed by atoms with Gasteiger partial charge in [-0.25, -0.2) is 0 Å². The SMILES string of the molecule is CCCOc1ccc(CNC(=NC)NCCOC)cc1OC.I. The normalized spacial score (nSPS) is 10.7.